The van der Waals surface area contributed by atoms with Crippen LogP contribution in [-0.4, -0.2) is 27.3 Å². The van der Waals surface area contributed by atoms with Crippen LogP contribution in [0, 0.1) is 6.92 Å². The lowest BCUT2D eigenvalue weighted by atomic mass is 9.94. The first-order valence-electron chi connectivity index (χ1n) is 8.51. The number of fused-ring (bicyclic) bond motifs is 1. The van der Waals surface area contributed by atoms with E-state index in [4.69, 9.17) is 27.9 Å². The Morgan fingerprint density at radius 3 is 2.73 bits per heavy atom. The SMILES string of the molecule is CCCC1=C(C(=O)OCC)C(c2ccc(Cl)c(Cl)c2)n2nc(C)nc2N1. The highest BCUT2D eigenvalue weighted by Gasteiger charge is 2.36. The molecule has 1 atom stereocenters. The third-order valence-electron chi connectivity index (χ3n) is 4.10. The van der Waals surface area contributed by atoms with Crippen LogP contribution in [0.5, 0.6) is 0 Å². The second-order valence-electron chi connectivity index (χ2n) is 5.99. The molecule has 6 nitrogen and oxygen atoms in total. The first kappa shape index (κ1) is 18.7. The van der Waals surface area contributed by atoms with Crippen LogP contribution in [-0.2, 0) is 9.53 Å². The Morgan fingerprint density at radius 2 is 2.08 bits per heavy atom. The zero-order valence-corrected chi connectivity index (χ0v) is 16.4. The van der Waals surface area contributed by atoms with Gasteiger partial charge in [-0.05, 0) is 38.0 Å². The maximum atomic E-state index is 12.8. The Bertz CT molecular complexity index is 876. The molecule has 26 heavy (non-hydrogen) atoms. The lowest BCUT2D eigenvalue weighted by molar-refractivity contribution is -0.139. The Kier molecular flexibility index (Phi) is 5.53. The van der Waals surface area contributed by atoms with Gasteiger partial charge in [0.15, 0.2) is 0 Å². The van der Waals surface area contributed by atoms with Crippen LogP contribution in [0.2, 0.25) is 10.0 Å². The number of nitrogens with one attached hydrogen (secondary N) is 1. The van der Waals surface area contributed by atoms with Crippen molar-refractivity contribution in [3.8, 4) is 0 Å². The fraction of sp³-hybridized carbons (Fsp3) is 0.389. The number of aryl methyl sites for hydroxylation is 1. The van der Waals surface area contributed by atoms with Gasteiger partial charge in [-0.2, -0.15) is 10.1 Å². The summed E-state index contributed by atoms with van der Waals surface area (Å²) in [5.74, 6) is 0.826. The van der Waals surface area contributed by atoms with Gasteiger partial charge in [0.2, 0.25) is 5.95 Å². The second kappa shape index (κ2) is 7.68. The number of nitrogens with zero attached hydrogens (tertiary/aromatic N) is 3. The Labute approximate surface area is 162 Å². The summed E-state index contributed by atoms with van der Waals surface area (Å²) in [6.07, 6.45) is 1.56. The minimum absolute atomic E-state index is 0.291. The van der Waals surface area contributed by atoms with Crippen LogP contribution in [0.25, 0.3) is 0 Å². The molecule has 1 aromatic heterocycles. The normalized spacial score (nSPS) is 16.3. The maximum Gasteiger partial charge on any atom is 0.338 e. The van der Waals surface area contributed by atoms with E-state index >= 15 is 0 Å². The van der Waals surface area contributed by atoms with Gasteiger partial charge in [-0.15, -0.1) is 0 Å². The molecule has 0 aliphatic carbocycles. The zero-order chi connectivity index (χ0) is 18.8. The van der Waals surface area contributed by atoms with Crippen molar-refractivity contribution >= 4 is 35.1 Å². The monoisotopic (exact) mass is 394 g/mol. The molecule has 3 rings (SSSR count). The van der Waals surface area contributed by atoms with Crippen LogP contribution in [0.15, 0.2) is 29.5 Å². The molecule has 0 spiro atoms. The van der Waals surface area contributed by atoms with Crippen molar-refractivity contribution in [2.24, 2.45) is 0 Å². The average Bonchev–Trinajstić information content (AvgIpc) is 2.96. The Hall–Kier alpha value is -2.05. The highest BCUT2D eigenvalue weighted by molar-refractivity contribution is 6.42. The number of hydrogen-bond donors (Lipinski definition) is 1. The van der Waals surface area contributed by atoms with Crippen molar-refractivity contribution in [2.75, 3.05) is 11.9 Å². The number of esters is 1. The predicted molar refractivity (Wildman–Crippen MR) is 102 cm³/mol. The van der Waals surface area contributed by atoms with Crippen molar-refractivity contribution in [3.05, 3.63) is 50.9 Å². The number of hydrogen-bond acceptors (Lipinski definition) is 5. The number of benzene rings is 1. The number of allylic oxidation sites excluding steroid dienone is 1. The van der Waals surface area contributed by atoms with Crippen LogP contribution in [0.1, 0.15) is 44.1 Å². The number of aromatic nitrogens is 3. The van der Waals surface area contributed by atoms with Crippen LogP contribution < -0.4 is 5.32 Å². The molecular formula is C18H20Cl2N4O2. The van der Waals surface area contributed by atoms with Gasteiger partial charge in [-0.25, -0.2) is 9.48 Å². The highest BCUT2D eigenvalue weighted by atomic mass is 35.5. The third-order valence-corrected chi connectivity index (χ3v) is 4.84. The zero-order valence-electron chi connectivity index (χ0n) is 14.8. The lowest BCUT2D eigenvalue weighted by Crippen LogP contribution is -2.30. The van der Waals surface area contributed by atoms with Gasteiger partial charge in [0.25, 0.3) is 0 Å². The molecule has 1 aliphatic heterocycles. The molecule has 0 saturated heterocycles. The van der Waals surface area contributed by atoms with Crippen molar-refractivity contribution < 1.29 is 9.53 Å². The summed E-state index contributed by atoms with van der Waals surface area (Å²) in [6.45, 7) is 5.94. The quantitative estimate of drug-likeness (QED) is 0.754. The molecule has 2 aromatic rings. The fourth-order valence-electron chi connectivity index (χ4n) is 3.07. The molecule has 2 heterocycles. The highest BCUT2D eigenvalue weighted by Crippen LogP contribution is 2.38. The molecular weight excluding hydrogens is 375 g/mol. The fourth-order valence-corrected chi connectivity index (χ4v) is 3.37. The number of rotatable bonds is 5. The number of anilines is 1. The molecule has 0 bridgehead atoms. The number of halogens is 2. The molecule has 138 valence electrons. The summed E-state index contributed by atoms with van der Waals surface area (Å²) < 4.78 is 7.02. The van der Waals surface area contributed by atoms with Gasteiger partial charge in [0.1, 0.15) is 11.9 Å². The van der Waals surface area contributed by atoms with Crippen LogP contribution in [0.4, 0.5) is 5.95 Å². The molecule has 0 fully saturated rings. The molecule has 0 saturated carbocycles. The van der Waals surface area contributed by atoms with E-state index in [1.54, 1.807) is 23.7 Å². The second-order valence-corrected chi connectivity index (χ2v) is 6.81. The summed E-state index contributed by atoms with van der Waals surface area (Å²) in [6, 6.07) is 4.83. The summed E-state index contributed by atoms with van der Waals surface area (Å²) >= 11 is 12.3. The van der Waals surface area contributed by atoms with Gasteiger partial charge >= 0.3 is 5.97 Å². The largest absolute Gasteiger partial charge is 0.463 e. The third kappa shape index (κ3) is 3.44. The minimum atomic E-state index is -0.484. The predicted octanol–water partition coefficient (Wildman–Crippen LogP) is 4.53. The molecule has 1 aliphatic rings. The van der Waals surface area contributed by atoms with Gasteiger partial charge in [0.05, 0.1) is 22.2 Å². The molecule has 1 aromatic carbocycles. The molecule has 1 N–H and O–H groups in total. The first-order valence-corrected chi connectivity index (χ1v) is 9.27. The van der Waals surface area contributed by atoms with Gasteiger partial charge < -0.3 is 10.1 Å². The van der Waals surface area contributed by atoms with E-state index in [1.807, 2.05) is 13.0 Å². The van der Waals surface area contributed by atoms with E-state index in [-0.39, 0.29) is 5.97 Å². The van der Waals surface area contributed by atoms with Gasteiger partial charge in [-0.1, -0.05) is 42.6 Å². The average molecular weight is 395 g/mol. The van der Waals surface area contributed by atoms with E-state index in [0.29, 0.717) is 40.4 Å². The topological polar surface area (TPSA) is 69.0 Å². The number of carbonyl (C=O) groups excluding carboxylic acids is 1. The van der Waals surface area contributed by atoms with E-state index in [9.17, 15) is 4.79 Å². The Morgan fingerprint density at radius 1 is 1.31 bits per heavy atom. The minimum Gasteiger partial charge on any atom is -0.463 e. The van der Waals surface area contributed by atoms with Crippen molar-refractivity contribution in [1.29, 1.82) is 0 Å². The number of ether oxygens (including phenoxy) is 1. The molecule has 0 radical (unpaired) electrons. The van der Waals surface area contributed by atoms with Crippen LogP contribution in [0.3, 0.4) is 0 Å². The van der Waals surface area contributed by atoms with E-state index in [2.05, 4.69) is 22.3 Å². The molecule has 1 unspecified atom stereocenters. The van der Waals surface area contributed by atoms with E-state index in [0.717, 1.165) is 17.7 Å². The maximum absolute atomic E-state index is 12.8. The summed E-state index contributed by atoms with van der Waals surface area (Å²) in [5.41, 5.74) is 2.11. The van der Waals surface area contributed by atoms with E-state index < -0.39 is 6.04 Å². The van der Waals surface area contributed by atoms with Gasteiger partial charge in [0, 0.05) is 5.70 Å². The van der Waals surface area contributed by atoms with Crippen molar-refractivity contribution in [3.63, 3.8) is 0 Å². The summed E-state index contributed by atoms with van der Waals surface area (Å²) in [5, 5.41) is 8.59. The smallest absolute Gasteiger partial charge is 0.338 e. The Balaban J connectivity index is 2.21. The van der Waals surface area contributed by atoms with Gasteiger partial charge in [-0.3, -0.25) is 0 Å². The number of carbonyl (C=O) groups is 1. The standard InChI is InChI=1S/C18H20Cl2N4O2/c1-4-6-14-15(17(25)26-5-2)16(11-7-8-12(19)13(20)9-11)24-18(22-14)21-10(3)23-24/h7-9,16H,4-6H2,1-3H3,(H,21,22,23). The van der Waals surface area contributed by atoms with Crippen LogP contribution >= 0.6 is 23.2 Å². The van der Waals surface area contributed by atoms with E-state index in [1.165, 1.54) is 0 Å². The summed E-state index contributed by atoms with van der Waals surface area (Å²) in [7, 11) is 0. The summed E-state index contributed by atoms with van der Waals surface area (Å²) in [4.78, 5) is 17.2. The molecule has 8 heteroatoms. The van der Waals surface area contributed by atoms with Crippen molar-refractivity contribution in [2.45, 2.75) is 39.7 Å². The van der Waals surface area contributed by atoms with Crippen molar-refractivity contribution in [1.82, 2.24) is 14.8 Å². The molecule has 0 amide bonds. The first-order chi connectivity index (χ1) is 12.5. The lowest BCUT2D eigenvalue weighted by Gasteiger charge is -2.29.